The number of hydrogen-bond donors (Lipinski definition) is 2. The van der Waals surface area contributed by atoms with Crippen LogP contribution in [0.4, 0.5) is 4.39 Å². The Morgan fingerprint density at radius 1 is 1.13 bits per heavy atom. The van der Waals surface area contributed by atoms with Crippen LogP contribution in [0.25, 0.3) is 11.1 Å². The summed E-state index contributed by atoms with van der Waals surface area (Å²) in [6.07, 6.45) is 5.73. The minimum absolute atomic E-state index is 0.228. The Labute approximate surface area is 180 Å². The normalized spacial score (nSPS) is 19.2. The third-order valence-corrected chi connectivity index (χ3v) is 6.31. The van der Waals surface area contributed by atoms with Gasteiger partial charge in [-0.05, 0) is 86.4 Å². The van der Waals surface area contributed by atoms with Gasteiger partial charge in [0.1, 0.15) is 5.82 Å². The van der Waals surface area contributed by atoms with Crippen LogP contribution in [0.15, 0.2) is 51.7 Å². The van der Waals surface area contributed by atoms with Crippen LogP contribution in [0.5, 0.6) is 0 Å². The predicted molar refractivity (Wildman–Crippen MR) is 117 cm³/mol. The summed E-state index contributed by atoms with van der Waals surface area (Å²) in [5, 5.41) is 0. The fraction of sp³-hybridized carbons (Fsp3) is 0.417. The number of aryl methyl sites for hydroxylation is 1. The first-order valence-corrected chi connectivity index (χ1v) is 10.9. The third kappa shape index (κ3) is 5.41. The molecular weight excluding hydrogens is 397 g/mol. The highest BCUT2D eigenvalue weighted by atomic mass is 19.1. The van der Waals surface area contributed by atoms with Crippen LogP contribution >= 0.6 is 0 Å². The van der Waals surface area contributed by atoms with Crippen molar-refractivity contribution in [3.63, 3.8) is 0 Å². The lowest BCUT2D eigenvalue weighted by molar-refractivity contribution is -0.119. The molecule has 0 spiro atoms. The van der Waals surface area contributed by atoms with Gasteiger partial charge in [-0.3, -0.25) is 14.7 Å². The van der Waals surface area contributed by atoms with Crippen molar-refractivity contribution in [1.29, 1.82) is 0 Å². The van der Waals surface area contributed by atoms with Gasteiger partial charge < -0.3 is 10.2 Å². The molecule has 1 aliphatic carbocycles. The Morgan fingerprint density at radius 2 is 1.87 bits per heavy atom. The lowest BCUT2D eigenvalue weighted by Crippen LogP contribution is -2.43. The summed E-state index contributed by atoms with van der Waals surface area (Å²) >= 11 is 0. The van der Waals surface area contributed by atoms with Gasteiger partial charge in [0.2, 0.25) is 5.91 Å². The van der Waals surface area contributed by atoms with Crippen LogP contribution in [-0.2, 0) is 11.2 Å². The first kappa shape index (κ1) is 21.3. The summed E-state index contributed by atoms with van der Waals surface area (Å²) in [7, 11) is 0. The van der Waals surface area contributed by atoms with Crippen LogP contribution in [0.2, 0.25) is 0 Å². The molecule has 164 valence electrons. The molecule has 0 bridgehead atoms. The number of rotatable bonds is 8. The van der Waals surface area contributed by atoms with Gasteiger partial charge in [0.25, 0.3) is 0 Å². The van der Waals surface area contributed by atoms with E-state index in [0.717, 1.165) is 56.1 Å². The number of carbonyl (C=O) groups excluding carboxylic acids is 1. The number of benzene rings is 2. The average molecular weight is 426 g/mol. The van der Waals surface area contributed by atoms with E-state index >= 15 is 0 Å². The van der Waals surface area contributed by atoms with Crippen molar-refractivity contribution in [2.24, 2.45) is 5.73 Å². The van der Waals surface area contributed by atoms with Crippen molar-refractivity contribution in [2.45, 2.75) is 50.5 Å². The SMILES string of the molecule is NC(=O)CN(CCCc1ccc(F)cc1)C1CCC(c2ccc3[nH]c(=O)oc3c2)CC1. The van der Waals surface area contributed by atoms with E-state index in [1.807, 2.05) is 24.3 Å². The van der Waals surface area contributed by atoms with Gasteiger partial charge in [-0.2, -0.15) is 0 Å². The zero-order valence-electron chi connectivity index (χ0n) is 17.5. The number of carbonyl (C=O) groups is 1. The highest BCUT2D eigenvalue weighted by Gasteiger charge is 2.27. The summed E-state index contributed by atoms with van der Waals surface area (Å²) in [6.45, 7) is 1.05. The number of nitrogens with one attached hydrogen (secondary N) is 1. The first-order chi connectivity index (χ1) is 15.0. The molecule has 1 aliphatic rings. The molecule has 3 N–H and O–H groups in total. The van der Waals surface area contributed by atoms with E-state index in [4.69, 9.17) is 10.2 Å². The summed E-state index contributed by atoms with van der Waals surface area (Å²) < 4.78 is 18.3. The lowest BCUT2D eigenvalue weighted by atomic mass is 9.81. The average Bonchev–Trinajstić information content (AvgIpc) is 3.13. The molecule has 0 saturated heterocycles. The molecule has 1 fully saturated rings. The fourth-order valence-corrected chi connectivity index (χ4v) is 4.72. The maximum atomic E-state index is 13.1. The monoisotopic (exact) mass is 425 g/mol. The topological polar surface area (TPSA) is 92.3 Å². The molecule has 6 nitrogen and oxygen atoms in total. The zero-order valence-corrected chi connectivity index (χ0v) is 17.5. The van der Waals surface area contributed by atoms with Gasteiger partial charge >= 0.3 is 5.76 Å². The molecular formula is C24H28FN3O3. The highest BCUT2D eigenvalue weighted by Crippen LogP contribution is 2.35. The number of hydrogen-bond acceptors (Lipinski definition) is 4. The van der Waals surface area contributed by atoms with Crippen molar-refractivity contribution >= 4 is 17.0 Å². The van der Waals surface area contributed by atoms with Gasteiger partial charge in [-0.15, -0.1) is 0 Å². The quantitative estimate of drug-likeness (QED) is 0.576. The Morgan fingerprint density at radius 3 is 2.58 bits per heavy atom. The van der Waals surface area contributed by atoms with Gasteiger partial charge in [0.05, 0.1) is 12.1 Å². The van der Waals surface area contributed by atoms with Crippen molar-refractivity contribution in [3.8, 4) is 0 Å². The van der Waals surface area contributed by atoms with Crippen molar-refractivity contribution in [1.82, 2.24) is 9.88 Å². The summed E-state index contributed by atoms with van der Waals surface area (Å²) in [5.74, 6) is -0.556. The molecule has 31 heavy (non-hydrogen) atoms. The summed E-state index contributed by atoms with van der Waals surface area (Å²) in [5.41, 5.74) is 9.11. The number of nitrogens with zero attached hydrogens (tertiary/aromatic N) is 1. The van der Waals surface area contributed by atoms with Gasteiger partial charge in [0.15, 0.2) is 5.58 Å². The van der Waals surface area contributed by atoms with Crippen LogP contribution < -0.4 is 11.5 Å². The Hall–Kier alpha value is -2.93. The molecule has 3 aromatic rings. The second-order valence-electron chi connectivity index (χ2n) is 8.44. The minimum atomic E-state index is -0.432. The van der Waals surface area contributed by atoms with Crippen LogP contribution in [0.3, 0.4) is 0 Å². The van der Waals surface area contributed by atoms with E-state index in [2.05, 4.69) is 16.0 Å². The second-order valence-corrected chi connectivity index (χ2v) is 8.44. The Balaban J connectivity index is 1.34. The number of fused-ring (bicyclic) bond motifs is 1. The number of halogens is 1. The molecule has 0 aliphatic heterocycles. The standard InChI is InChI=1S/C24H28FN3O3/c25-19-8-3-16(4-9-19)2-1-13-28(15-23(26)29)20-10-5-17(6-11-20)18-7-12-21-22(14-18)31-24(30)27-21/h3-4,7-9,12,14,17,20H,1-2,5-6,10-11,13,15H2,(H2,26,29)(H,27,30). The number of aromatic nitrogens is 1. The van der Waals surface area contributed by atoms with E-state index in [1.165, 1.54) is 17.7 Å². The fourth-order valence-electron chi connectivity index (χ4n) is 4.72. The van der Waals surface area contributed by atoms with Crippen LogP contribution in [0.1, 0.15) is 49.1 Å². The van der Waals surface area contributed by atoms with E-state index in [0.29, 0.717) is 17.5 Å². The molecule has 7 heteroatoms. The molecule has 1 aromatic heterocycles. The van der Waals surface area contributed by atoms with Crippen molar-refractivity contribution in [2.75, 3.05) is 13.1 Å². The second kappa shape index (κ2) is 9.47. The molecule has 1 heterocycles. The Kier molecular flexibility index (Phi) is 6.51. The third-order valence-electron chi connectivity index (χ3n) is 6.31. The lowest BCUT2D eigenvalue weighted by Gasteiger charge is -2.36. The smallest absolute Gasteiger partial charge is 0.408 e. The molecule has 0 radical (unpaired) electrons. The van der Waals surface area contributed by atoms with Gasteiger partial charge in [0, 0.05) is 6.04 Å². The number of oxazole rings is 1. The minimum Gasteiger partial charge on any atom is -0.408 e. The number of primary amides is 1. The maximum Gasteiger partial charge on any atom is 0.417 e. The molecule has 0 atom stereocenters. The van der Waals surface area contributed by atoms with E-state index in [-0.39, 0.29) is 18.3 Å². The summed E-state index contributed by atoms with van der Waals surface area (Å²) in [6, 6.07) is 12.8. The van der Waals surface area contributed by atoms with Gasteiger partial charge in [-0.25, -0.2) is 9.18 Å². The van der Waals surface area contributed by atoms with E-state index < -0.39 is 5.76 Å². The molecule has 1 saturated carbocycles. The number of aromatic amines is 1. The van der Waals surface area contributed by atoms with E-state index in [1.54, 1.807) is 0 Å². The van der Waals surface area contributed by atoms with Crippen LogP contribution in [0, 0.1) is 5.82 Å². The molecule has 1 amide bonds. The number of amides is 1. The molecule has 0 unspecified atom stereocenters. The Bertz CT molecular complexity index is 1080. The predicted octanol–water partition coefficient (Wildman–Crippen LogP) is 3.71. The van der Waals surface area contributed by atoms with Crippen LogP contribution in [-0.4, -0.2) is 34.9 Å². The zero-order chi connectivity index (χ0) is 21.8. The highest BCUT2D eigenvalue weighted by molar-refractivity contribution is 5.76. The van der Waals surface area contributed by atoms with Crippen molar-refractivity contribution < 1.29 is 13.6 Å². The molecule has 4 rings (SSSR count). The number of nitrogens with two attached hydrogens (primary N) is 1. The largest absolute Gasteiger partial charge is 0.417 e. The molecule has 2 aromatic carbocycles. The van der Waals surface area contributed by atoms with Crippen molar-refractivity contribution in [3.05, 3.63) is 70.0 Å². The first-order valence-electron chi connectivity index (χ1n) is 10.9. The summed E-state index contributed by atoms with van der Waals surface area (Å²) in [4.78, 5) is 27.9. The van der Waals surface area contributed by atoms with Gasteiger partial charge in [-0.1, -0.05) is 18.2 Å². The van der Waals surface area contributed by atoms with E-state index in [9.17, 15) is 14.0 Å². The maximum absolute atomic E-state index is 13.1. The number of H-pyrrole nitrogens is 1.